The van der Waals surface area contributed by atoms with E-state index in [1.807, 2.05) is 32.9 Å². The van der Waals surface area contributed by atoms with Crippen LogP contribution in [0.2, 0.25) is 0 Å². The Morgan fingerprint density at radius 2 is 1.53 bits per heavy atom. The second-order valence-electron chi connectivity index (χ2n) is 5.54. The summed E-state index contributed by atoms with van der Waals surface area (Å²) in [4.78, 5) is 25.0. The van der Waals surface area contributed by atoms with Gasteiger partial charge in [-0.15, -0.1) is 0 Å². The summed E-state index contributed by atoms with van der Waals surface area (Å²) in [5.74, 6) is -1.54. The highest BCUT2D eigenvalue weighted by molar-refractivity contribution is 6.09. The van der Waals surface area contributed by atoms with Crippen molar-refractivity contribution in [3.05, 3.63) is 28.8 Å². The average molecular weight is 263 g/mol. The molecule has 4 nitrogen and oxygen atoms in total. The van der Waals surface area contributed by atoms with Gasteiger partial charge < -0.3 is 10.0 Å². The minimum Gasteiger partial charge on any atom is -0.480 e. The van der Waals surface area contributed by atoms with Crippen LogP contribution in [0, 0.1) is 26.2 Å². The summed E-state index contributed by atoms with van der Waals surface area (Å²) in [7, 11) is 1.62. The first-order valence-corrected chi connectivity index (χ1v) is 6.18. The third-order valence-electron chi connectivity index (χ3n) is 3.34. The number of nitrogens with zero attached hydrogens (tertiary/aromatic N) is 1. The number of hydrogen-bond acceptors (Lipinski definition) is 2. The number of benzene rings is 1. The molecular formula is C15H21NO3. The van der Waals surface area contributed by atoms with Crippen molar-refractivity contribution >= 4 is 17.6 Å². The quantitative estimate of drug-likeness (QED) is 0.853. The van der Waals surface area contributed by atoms with Gasteiger partial charge in [-0.25, -0.2) is 0 Å². The molecule has 0 saturated carbocycles. The Morgan fingerprint density at radius 3 is 1.89 bits per heavy atom. The molecule has 0 aromatic heterocycles. The molecule has 0 aliphatic rings. The second kappa shape index (κ2) is 5.03. The van der Waals surface area contributed by atoms with E-state index < -0.39 is 17.3 Å². The fraction of sp³-hybridized carbons (Fsp3) is 0.467. The summed E-state index contributed by atoms with van der Waals surface area (Å²) in [6.45, 7) is 8.69. The number of aliphatic carboxylic acids is 1. The van der Waals surface area contributed by atoms with Gasteiger partial charge in [-0.05, 0) is 45.7 Å². The van der Waals surface area contributed by atoms with E-state index >= 15 is 0 Å². The first-order chi connectivity index (χ1) is 8.59. The van der Waals surface area contributed by atoms with E-state index in [2.05, 4.69) is 0 Å². The number of carbonyl (C=O) groups is 2. The molecule has 0 aliphatic carbocycles. The molecule has 1 rings (SSSR count). The minimum absolute atomic E-state index is 0.421. The molecule has 0 atom stereocenters. The third-order valence-corrected chi connectivity index (χ3v) is 3.34. The summed E-state index contributed by atoms with van der Waals surface area (Å²) in [5, 5.41) is 9.14. The van der Waals surface area contributed by atoms with Crippen LogP contribution >= 0.6 is 0 Å². The van der Waals surface area contributed by atoms with Gasteiger partial charge in [-0.2, -0.15) is 0 Å². The summed E-state index contributed by atoms with van der Waals surface area (Å²) in [6, 6.07) is 3.97. The van der Waals surface area contributed by atoms with Gasteiger partial charge in [0.1, 0.15) is 5.41 Å². The first kappa shape index (κ1) is 15.2. The van der Waals surface area contributed by atoms with Gasteiger partial charge in [0.15, 0.2) is 0 Å². The molecule has 0 heterocycles. The second-order valence-corrected chi connectivity index (χ2v) is 5.54. The Labute approximate surface area is 114 Å². The lowest BCUT2D eigenvalue weighted by atomic mass is 9.91. The zero-order valence-electron chi connectivity index (χ0n) is 12.4. The van der Waals surface area contributed by atoms with Gasteiger partial charge >= 0.3 is 5.97 Å². The molecular weight excluding hydrogens is 242 g/mol. The Bertz CT molecular complexity index is 509. The Kier molecular flexibility index (Phi) is 4.03. The number of aryl methyl sites for hydroxylation is 3. The standard InChI is InChI=1S/C15H21NO3/c1-9-7-10(2)12(11(3)8-9)16(6)13(17)15(4,5)14(18)19/h7-8H,1-6H3,(H,18,19). The average Bonchev–Trinajstić information content (AvgIpc) is 2.25. The number of amides is 1. The first-order valence-electron chi connectivity index (χ1n) is 6.18. The van der Waals surface area contributed by atoms with Crippen LogP contribution in [0.4, 0.5) is 5.69 Å². The molecule has 1 aromatic carbocycles. The number of carboxylic acids is 1. The van der Waals surface area contributed by atoms with Gasteiger partial charge in [-0.1, -0.05) is 17.7 Å². The van der Waals surface area contributed by atoms with Crippen LogP contribution in [0.3, 0.4) is 0 Å². The Morgan fingerprint density at radius 1 is 1.11 bits per heavy atom. The van der Waals surface area contributed by atoms with Gasteiger partial charge in [0, 0.05) is 12.7 Å². The number of carbonyl (C=O) groups excluding carboxylic acids is 1. The van der Waals surface area contributed by atoms with Gasteiger partial charge in [0.25, 0.3) is 0 Å². The molecule has 1 aromatic rings. The van der Waals surface area contributed by atoms with Crippen LogP contribution in [-0.2, 0) is 9.59 Å². The monoisotopic (exact) mass is 263 g/mol. The van der Waals surface area contributed by atoms with Crippen LogP contribution < -0.4 is 4.90 Å². The summed E-state index contributed by atoms with van der Waals surface area (Å²) >= 11 is 0. The smallest absolute Gasteiger partial charge is 0.318 e. The maximum atomic E-state index is 12.3. The molecule has 0 fully saturated rings. The molecule has 4 heteroatoms. The molecule has 1 amide bonds. The van der Waals surface area contributed by atoms with E-state index in [0.29, 0.717) is 0 Å². The van der Waals surface area contributed by atoms with Crippen LogP contribution in [0.25, 0.3) is 0 Å². The van der Waals surface area contributed by atoms with Crippen molar-refractivity contribution in [1.29, 1.82) is 0 Å². The topological polar surface area (TPSA) is 57.6 Å². The SMILES string of the molecule is Cc1cc(C)c(N(C)C(=O)C(C)(C)C(=O)O)c(C)c1. The third kappa shape index (κ3) is 2.78. The van der Waals surface area contributed by atoms with Gasteiger partial charge in [0.2, 0.25) is 5.91 Å². The zero-order valence-corrected chi connectivity index (χ0v) is 12.4. The summed E-state index contributed by atoms with van der Waals surface area (Å²) in [6.07, 6.45) is 0. The predicted molar refractivity (Wildman–Crippen MR) is 75.5 cm³/mol. The molecule has 1 N–H and O–H groups in total. The van der Waals surface area contributed by atoms with Crippen LogP contribution in [0.1, 0.15) is 30.5 Å². The van der Waals surface area contributed by atoms with Crippen LogP contribution in [0.15, 0.2) is 12.1 Å². The number of hydrogen-bond donors (Lipinski definition) is 1. The predicted octanol–water partition coefficient (Wildman–Crippen LogP) is 2.69. The van der Waals surface area contributed by atoms with Crippen LogP contribution in [-0.4, -0.2) is 24.0 Å². The van der Waals surface area contributed by atoms with E-state index in [0.717, 1.165) is 22.4 Å². The largest absolute Gasteiger partial charge is 0.480 e. The maximum Gasteiger partial charge on any atom is 0.318 e. The molecule has 0 radical (unpaired) electrons. The van der Waals surface area contributed by atoms with E-state index in [1.165, 1.54) is 18.7 Å². The van der Waals surface area contributed by atoms with E-state index in [-0.39, 0.29) is 0 Å². The fourth-order valence-electron chi connectivity index (χ4n) is 2.31. The minimum atomic E-state index is -1.43. The zero-order chi connectivity index (χ0) is 15.0. The number of rotatable bonds is 3. The Hall–Kier alpha value is -1.84. The molecule has 0 aliphatic heterocycles. The lowest BCUT2D eigenvalue weighted by Gasteiger charge is -2.28. The van der Waals surface area contributed by atoms with Gasteiger partial charge in [-0.3, -0.25) is 9.59 Å². The number of carboxylic acid groups (broad SMARTS) is 1. The van der Waals surface area contributed by atoms with Crippen LogP contribution in [0.5, 0.6) is 0 Å². The van der Waals surface area contributed by atoms with Crippen molar-refractivity contribution in [1.82, 2.24) is 0 Å². The lowest BCUT2D eigenvalue weighted by Crippen LogP contribution is -2.44. The fourth-order valence-corrected chi connectivity index (χ4v) is 2.31. The molecule has 104 valence electrons. The molecule has 0 spiro atoms. The highest BCUT2D eigenvalue weighted by Crippen LogP contribution is 2.29. The van der Waals surface area contributed by atoms with E-state index in [4.69, 9.17) is 5.11 Å². The van der Waals surface area contributed by atoms with Crippen molar-refractivity contribution in [2.75, 3.05) is 11.9 Å². The number of anilines is 1. The van der Waals surface area contributed by atoms with Gasteiger partial charge in [0.05, 0.1) is 0 Å². The highest BCUT2D eigenvalue weighted by atomic mass is 16.4. The maximum absolute atomic E-state index is 12.3. The summed E-state index contributed by atoms with van der Waals surface area (Å²) in [5.41, 5.74) is 2.41. The molecule has 0 unspecified atom stereocenters. The van der Waals surface area contributed by atoms with E-state index in [1.54, 1.807) is 7.05 Å². The highest BCUT2D eigenvalue weighted by Gasteiger charge is 2.39. The van der Waals surface area contributed by atoms with Crippen molar-refractivity contribution in [2.24, 2.45) is 5.41 Å². The lowest BCUT2D eigenvalue weighted by molar-refractivity contribution is -0.152. The normalized spacial score (nSPS) is 11.3. The molecule has 0 bridgehead atoms. The van der Waals surface area contributed by atoms with E-state index in [9.17, 15) is 9.59 Å². The Balaban J connectivity index is 3.25. The molecule has 0 saturated heterocycles. The van der Waals surface area contributed by atoms with Crippen molar-refractivity contribution in [2.45, 2.75) is 34.6 Å². The van der Waals surface area contributed by atoms with Crippen molar-refractivity contribution in [3.63, 3.8) is 0 Å². The molecule has 19 heavy (non-hydrogen) atoms. The van der Waals surface area contributed by atoms with Crippen molar-refractivity contribution < 1.29 is 14.7 Å². The van der Waals surface area contributed by atoms with Crippen molar-refractivity contribution in [3.8, 4) is 0 Å². The summed E-state index contributed by atoms with van der Waals surface area (Å²) < 4.78 is 0.